The van der Waals surface area contributed by atoms with Crippen LogP contribution in [0.5, 0.6) is 0 Å². The Balaban J connectivity index is 1.39. The fraction of sp³-hybridized carbons (Fsp3) is 0.346. The second kappa shape index (κ2) is 7.76. The molecule has 2 aliphatic heterocycles. The number of imide groups is 1. The summed E-state index contributed by atoms with van der Waals surface area (Å²) in [5.41, 5.74) is 2.74. The molecule has 0 aliphatic carbocycles. The Labute approximate surface area is 192 Å². The van der Waals surface area contributed by atoms with E-state index in [4.69, 9.17) is 0 Å². The lowest BCUT2D eigenvalue weighted by atomic mass is 9.87. The third-order valence-electron chi connectivity index (χ3n) is 7.04. The summed E-state index contributed by atoms with van der Waals surface area (Å²) in [6.07, 6.45) is 1.33. The topological polar surface area (TPSA) is 85.5 Å². The summed E-state index contributed by atoms with van der Waals surface area (Å²) < 4.78 is 0. The van der Waals surface area contributed by atoms with Crippen molar-refractivity contribution in [2.45, 2.75) is 51.2 Å². The molecule has 2 aromatic carbocycles. The number of hydrogen-bond donors (Lipinski definition) is 2. The molecule has 0 bridgehead atoms. The summed E-state index contributed by atoms with van der Waals surface area (Å²) in [7, 11) is 0. The number of urea groups is 1. The molecule has 0 saturated carbocycles. The number of nitrogens with one attached hydrogen (secondary N) is 2. The van der Waals surface area contributed by atoms with Gasteiger partial charge >= 0.3 is 6.03 Å². The van der Waals surface area contributed by atoms with Gasteiger partial charge in [-0.25, -0.2) is 9.69 Å². The Kier molecular flexibility index (Phi) is 5.00. The molecular formula is C26H28N4O3. The van der Waals surface area contributed by atoms with Gasteiger partial charge in [0.25, 0.3) is 5.91 Å². The molecule has 2 N–H and O–H groups in total. The van der Waals surface area contributed by atoms with Crippen molar-refractivity contribution in [3.63, 3.8) is 0 Å². The second-order valence-electron chi connectivity index (χ2n) is 9.23. The van der Waals surface area contributed by atoms with E-state index in [2.05, 4.69) is 10.3 Å². The molecule has 3 aromatic rings. The molecule has 33 heavy (non-hydrogen) atoms. The van der Waals surface area contributed by atoms with Crippen LogP contribution in [0, 0.1) is 0 Å². The first kappa shape index (κ1) is 21.2. The minimum absolute atomic E-state index is 0.131. The first-order valence-corrected chi connectivity index (χ1v) is 11.4. The van der Waals surface area contributed by atoms with Crippen LogP contribution in [0.1, 0.15) is 37.6 Å². The van der Waals surface area contributed by atoms with Gasteiger partial charge in [-0.15, -0.1) is 0 Å². The van der Waals surface area contributed by atoms with E-state index in [9.17, 15) is 14.4 Å². The number of carbonyl (C=O) groups is 3. The first-order chi connectivity index (χ1) is 15.8. The number of benzene rings is 2. The molecule has 3 heterocycles. The number of rotatable bonds is 5. The van der Waals surface area contributed by atoms with Crippen LogP contribution < -0.4 is 5.32 Å². The third kappa shape index (κ3) is 3.22. The number of hydrogen-bond acceptors (Lipinski definition) is 3. The molecule has 1 fully saturated rings. The van der Waals surface area contributed by atoms with Gasteiger partial charge < -0.3 is 15.2 Å². The number of fused-ring (bicyclic) bond motifs is 5. The number of H-pyrrole nitrogens is 1. The molecule has 1 saturated heterocycles. The lowest BCUT2D eigenvalue weighted by Gasteiger charge is -2.36. The number of carbonyl (C=O) groups excluding carboxylic acids is 3. The second-order valence-corrected chi connectivity index (χ2v) is 9.23. The maximum Gasteiger partial charge on any atom is 0.328 e. The zero-order chi connectivity index (χ0) is 23.3. The van der Waals surface area contributed by atoms with Gasteiger partial charge in [0.05, 0.1) is 5.69 Å². The average Bonchev–Trinajstić information content (AvgIpc) is 3.28. The van der Waals surface area contributed by atoms with Gasteiger partial charge in [-0.1, -0.05) is 48.5 Å². The number of para-hydroxylation sites is 1. The Morgan fingerprint density at radius 3 is 2.55 bits per heavy atom. The van der Waals surface area contributed by atoms with Gasteiger partial charge in [-0.2, -0.15) is 0 Å². The average molecular weight is 445 g/mol. The predicted octanol–water partition coefficient (Wildman–Crippen LogP) is 3.34. The minimum atomic E-state index is -1.14. The molecule has 4 amide bonds. The predicted molar refractivity (Wildman–Crippen MR) is 126 cm³/mol. The van der Waals surface area contributed by atoms with E-state index >= 15 is 0 Å². The van der Waals surface area contributed by atoms with Crippen molar-refractivity contribution in [2.24, 2.45) is 0 Å². The summed E-state index contributed by atoms with van der Waals surface area (Å²) in [6.45, 7) is 5.76. The fourth-order valence-electron chi connectivity index (χ4n) is 5.26. The zero-order valence-corrected chi connectivity index (χ0v) is 19.1. The fourth-order valence-corrected chi connectivity index (χ4v) is 5.26. The lowest BCUT2D eigenvalue weighted by molar-refractivity contribution is -0.139. The highest BCUT2D eigenvalue weighted by Gasteiger charge is 2.60. The van der Waals surface area contributed by atoms with E-state index in [-0.39, 0.29) is 17.9 Å². The Morgan fingerprint density at radius 2 is 1.79 bits per heavy atom. The molecule has 7 nitrogen and oxygen atoms in total. The van der Waals surface area contributed by atoms with Crippen LogP contribution in [0.4, 0.5) is 4.79 Å². The molecule has 5 rings (SSSR count). The van der Waals surface area contributed by atoms with E-state index in [1.165, 1.54) is 0 Å². The van der Waals surface area contributed by atoms with Crippen LogP contribution in [-0.4, -0.2) is 51.3 Å². The largest absolute Gasteiger partial charge is 0.356 e. The summed E-state index contributed by atoms with van der Waals surface area (Å²) in [6, 6.07) is 16.4. The van der Waals surface area contributed by atoms with Crippen molar-refractivity contribution in [2.75, 3.05) is 6.54 Å². The minimum Gasteiger partial charge on any atom is -0.356 e. The first-order valence-electron chi connectivity index (χ1n) is 11.4. The van der Waals surface area contributed by atoms with Gasteiger partial charge in [-0.05, 0) is 50.8 Å². The molecular weight excluding hydrogens is 416 g/mol. The highest BCUT2D eigenvalue weighted by Crippen LogP contribution is 2.44. The monoisotopic (exact) mass is 444 g/mol. The number of nitrogens with zero attached hydrogens (tertiary/aromatic N) is 2. The van der Waals surface area contributed by atoms with Crippen molar-refractivity contribution >= 4 is 28.7 Å². The normalized spacial score (nSPS) is 21.7. The van der Waals surface area contributed by atoms with Crippen LogP contribution in [0.15, 0.2) is 54.6 Å². The van der Waals surface area contributed by atoms with Gasteiger partial charge in [0.1, 0.15) is 6.04 Å². The Morgan fingerprint density at radius 1 is 1.09 bits per heavy atom. The van der Waals surface area contributed by atoms with E-state index in [1.54, 1.807) is 18.7 Å². The molecule has 0 radical (unpaired) electrons. The molecule has 0 spiro atoms. The summed E-state index contributed by atoms with van der Waals surface area (Å²) in [4.78, 5) is 46.2. The maximum absolute atomic E-state index is 13.7. The third-order valence-corrected chi connectivity index (χ3v) is 7.04. The molecule has 7 heteroatoms. The molecule has 3 atom stereocenters. The summed E-state index contributed by atoms with van der Waals surface area (Å²) in [5, 5.41) is 4.05. The molecule has 2 aliphatic rings. The maximum atomic E-state index is 13.7. The van der Waals surface area contributed by atoms with E-state index in [0.717, 1.165) is 32.6 Å². The van der Waals surface area contributed by atoms with Gasteiger partial charge in [0.2, 0.25) is 5.91 Å². The number of aromatic amines is 1. The van der Waals surface area contributed by atoms with Crippen molar-refractivity contribution in [3.8, 4) is 0 Å². The van der Waals surface area contributed by atoms with Crippen molar-refractivity contribution in [3.05, 3.63) is 71.4 Å². The zero-order valence-electron chi connectivity index (χ0n) is 19.1. The van der Waals surface area contributed by atoms with Crippen LogP contribution in [-0.2, 0) is 28.0 Å². The highest BCUT2D eigenvalue weighted by molar-refractivity contribution is 6.10. The smallest absolute Gasteiger partial charge is 0.328 e. The highest BCUT2D eigenvalue weighted by atomic mass is 16.2. The number of amides is 4. The lowest BCUT2D eigenvalue weighted by Crippen LogP contribution is -2.51. The van der Waals surface area contributed by atoms with Crippen LogP contribution in [0.2, 0.25) is 0 Å². The summed E-state index contributed by atoms with van der Waals surface area (Å²) >= 11 is 0. The standard InChI is InChI=1S/C26H28N4O3/c1-16(15-18-9-5-4-6-10-18)27-23(31)17(2)30-24(32)26(3)22-20(13-14-29(26)25(30)33)19-11-7-8-12-21(19)28-22/h4-12,16-17,28H,13-15H2,1-3H3,(H,27,31)/t16-,17+,26+/m1/s1. The van der Waals surface area contributed by atoms with E-state index in [0.29, 0.717) is 19.4 Å². The van der Waals surface area contributed by atoms with Crippen LogP contribution >= 0.6 is 0 Å². The molecule has 0 unspecified atom stereocenters. The van der Waals surface area contributed by atoms with E-state index < -0.39 is 17.6 Å². The Hall–Kier alpha value is -3.61. The quantitative estimate of drug-likeness (QED) is 0.592. The SMILES string of the molecule is C[C@H](Cc1ccccc1)NC(=O)[C@H](C)N1C(=O)N2CCc3c([nH]c4ccccc34)[C@@]2(C)C1=O. The summed E-state index contributed by atoms with van der Waals surface area (Å²) in [5.74, 6) is -0.696. The number of aromatic nitrogens is 1. The van der Waals surface area contributed by atoms with Gasteiger partial charge in [-0.3, -0.25) is 9.59 Å². The van der Waals surface area contributed by atoms with Gasteiger partial charge in [0, 0.05) is 23.5 Å². The molecule has 1 aromatic heterocycles. The van der Waals surface area contributed by atoms with Crippen LogP contribution in [0.25, 0.3) is 10.9 Å². The van der Waals surface area contributed by atoms with Crippen molar-refractivity contribution in [1.29, 1.82) is 0 Å². The Bertz CT molecular complexity index is 1250. The van der Waals surface area contributed by atoms with Crippen LogP contribution in [0.3, 0.4) is 0 Å². The van der Waals surface area contributed by atoms with E-state index in [1.807, 2.05) is 61.5 Å². The van der Waals surface area contributed by atoms with Crippen molar-refractivity contribution < 1.29 is 14.4 Å². The molecule has 170 valence electrons. The van der Waals surface area contributed by atoms with Crippen molar-refractivity contribution in [1.82, 2.24) is 20.1 Å². The van der Waals surface area contributed by atoms with Gasteiger partial charge in [0.15, 0.2) is 5.54 Å².